The van der Waals surface area contributed by atoms with Crippen molar-refractivity contribution < 1.29 is 8.83 Å². The van der Waals surface area contributed by atoms with Crippen LogP contribution in [0.15, 0.2) is 142 Å². The first kappa shape index (κ1) is 24.2. The summed E-state index contributed by atoms with van der Waals surface area (Å²) < 4.78 is 14.8. The standard InChI is InChI=1S/C39H22N4O2/c1-3-11-23(12-4-1)37-40-38(24-13-5-2-6-14-24)42-39(41-37)43-31-17-9-7-15-25(31)27-21-34-30(20-32(27)43)29-19-28-26-16-8-10-18-33(26)44-35(28)22-36(29)45-34/h1-22H. The van der Waals surface area contributed by atoms with Crippen molar-refractivity contribution in [1.29, 1.82) is 0 Å². The number of fused-ring (bicyclic) bond motifs is 9. The van der Waals surface area contributed by atoms with Gasteiger partial charge in [-0.15, -0.1) is 0 Å². The second-order valence-corrected chi connectivity index (χ2v) is 11.3. The van der Waals surface area contributed by atoms with Crippen molar-refractivity contribution >= 4 is 65.7 Å². The Balaban J connectivity index is 1.30. The van der Waals surface area contributed by atoms with E-state index in [1.807, 2.05) is 84.9 Å². The maximum atomic E-state index is 6.47. The van der Waals surface area contributed by atoms with Crippen LogP contribution in [0.3, 0.4) is 0 Å². The van der Waals surface area contributed by atoms with Gasteiger partial charge in [-0.05, 0) is 30.3 Å². The number of rotatable bonds is 3. The van der Waals surface area contributed by atoms with E-state index in [1.165, 1.54) is 0 Å². The molecular weight excluding hydrogens is 556 g/mol. The highest BCUT2D eigenvalue weighted by Crippen LogP contribution is 2.40. The van der Waals surface area contributed by atoms with E-state index in [1.54, 1.807) is 0 Å². The van der Waals surface area contributed by atoms with Gasteiger partial charge in [0.05, 0.1) is 11.0 Å². The Hall–Kier alpha value is -6.27. The van der Waals surface area contributed by atoms with Crippen LogP contribution in [0.2, 0.25) is 0 Å². The number of hydrogen-bond acceptors (Lipinski definition) is 5. The summed E-state index contributed by atoms with van der Waals surface area (Å²) in [5.41, 5.74) is 7.16. The third-order valence-electron chi connectivity index (χ3n) is 8.65. The molecule has 4 heterocycles. The number of nitrogens with zero attached hydrogens (tertiary/aromatic N) is 4. The van der Waals surface area contributed by atoms with Crippen molar-refractivity contribution in [2.45, 2.75) is 0 Å². The number of hydrogen-bond donors (Lipinski definition) is 0. The normalized spacial score (nSPS) is 12.0. The van der Waals surface area contributed by atoms with E-state index >= 15 is 0 Å². The Kier molecular flexibility index (Phi) is 4.90. The first-order valence-corrected chi connectivity index (χ1v) is 14.9. The second kappa shape index (κ2) is 9.11. The zero-order valence-corrected chi connectivity index (χ0v) is 23.8. The SMILES string of the molecule is c1ccc(-c2nc(-c3ccccc3)nc(-n3c4ccccc4c4cc5oc6cc7oc8ccccc8c7cc6c5cc43)n2)cc1. The van der Waals surface area contributed by atoms with Crippen LogP contribution in [-0.2, 0) is 0 Å². The highest BCUT2D eigenvalue weighted by Gasteiger charge is 2.20. The maximum Gasteiger partial charge on any atom is 0.238 e. The lowest BCUT2D eigenvalue weighted by Crippen LogP contribution is -2.06. The van der Waals surface area contributed by atoms with Crippen molar-refractivity contribution in [1.82, 2.24) is 19.5 Å². The zero-order chi connectivity index (χ0) is 29.5. The predicted molar refractivity (Wildman–Crippen MR) is 180 cm³/mol. The molecule has 0 fully saturated rings. The van der Waals surface area contributed by atoms with Gasteiger partial charge in [-0.1, -0.05) is 97.1 Å². The molecule has 4 aromatic heterocycles. The van der Waals surface area contributed by atoms with Gasteiger partial charge in [-0.3, -0.25) is 4.57 Å². The maximum absolute atomic E-state index is 6.47. The first-order valence-electron chi connectivity index (χ1n) is 14.9. The summed E-state index contributed by atoms with van der Waals surface area (Å²) in [4.78, 5) is 15.1. The lowest BCUT2D eigenvalue weighted by atomic mass is 10.1. The minimum absolute atomic E-state index is 0.560. The Bertz CT molecular complexity index is 2700. The number of aromatic nitrogens is 4. The van der Waals surface area contributed by atoms with E-state index in [-0.39, 0.29) is 0 Å². The van der Waals surface area contributed by atoms with Crippen LogP contribution in [0.4, 0.5) is 0 Å². The van der Waals surface area contributed by atoms with Crippen molar-refractivity contribution in [2.24, 2.45) is 0 Å². The van der Waals surface area contributed by atoms with E-state index in [0.717, 1.165) is 76.8 Å². The van der Waals surface area contributed by atoms with Crippen LogP contribution in [-0.4, -0.2) is 19.5 Å². The van der Waals surface area contributed by atoms with Crippen LogP contribution >= 0.6 is 0 Å². The molecule has 10 rings (SSSR count). The third kappa shape index (κ3) is 3.60. The average molecular weight is 579 g/mol. The third-order valence-corrected chi connectivity index (χ3v) is 8.65. The van der Waals surface area contributed by atoms with Crippen molar-refractivity contribution in [3.05, 3.63) is 133 Å². The fourth-order valence-electron chi connectivity index (χ4n) is 6.57. The molecule has 0 aliphatic heterocycles. The molecule has 0 saturated heterocycles. The van der Waals surface area contributed by atoms with Gasteiger partial charge in [0.2, 0.25) is 5.95 Å². The molecule has 0 atom stereocenters. The van der Waals surface area contributed by atoms with Crippen molar-refractivity contribution in [2.75, 3.05) is 0 Å². The van der Waals surface area contributed by atoms with Crippen LogP contribution in [0.1, 0.15) is 0 Å². The summed E-state index contributed by atoms with van der Waals surface area (Å²) in [6, 6.07) is 45.2. The summed E-state index contributed by atoms with van der Waals surface area (Å²) >= 11 is 0. The van der Waals surface area contributed by atoms with Crippen molar-refractivity contribution in [3.8, 4) is 28.7 Å². The molecule has 0 saturated carbocycles. The molecule has 6 heteroatoms. The lowest BCUT2D eigenvalue weighted by Gasteiger charge is -2.10. The van der Waals surface area contributed by atoms with Gasteiger partial charge in [0, 0.05) is 49.5 Å². The summed E-state index contributed by atoms with van der Waals surface area (Å²) in [7, 11) is 0. The largest absolute Gasteiger partial charge is 0.456 e. The van der Waals surface area contributed by atoms with E-state index in [4.69, 9.17) is 23.8 Å². The number of furan rings is 2. The second-order valence-electron chi connectivity index (χ2n) is 11.3. The summed E-state index contributed by atoms with van der Waals surface area (Å²) in [6.45, 7) is 0. The zero-order valence-electron chi connectivity index (χ0n) is 23.8. The van der Waals surface area contributed by atoms with Crippen LogP contribution in [0.25, 0.3) is 94.4 Å². The molecule has 210 valence electrons. The van der Waals surface area contributed by atoms with Gasteiger partial charge >= 0.3 is 0 Å². The molecule has 0 spiro atoms. The van der Waals surface area contributed by atoms with E-state index in [9.17, 15) is 0 Å². The molecule has 45 heavy (non-hydrogen) atoms. The highest BCUT2D eigenvalue weighted by atomic mass is 16.3. The predicted octanol–water partition coefficient (Wildman–Crippen LogP) is 10.1. The van der Waals surface area contributed by atoms with Crippen LogP contribution in [0, 0.1) is 0 Å². The average Bonchev–Trinajstić information content (AvgIpc) is 3.75. The Morgan fingerprint density at radius 1 is 0.378 bits per heavy atom. The molecule has 10 aromatic rings. The fraction of sp³-hybridized carbons (Fsp3) is 0. The molecular formula is C39H22N4O2. The highest BCUT2D eigenvalue weighted by molar-refractivity contribution is 6.19. The van der Waals surface area contributed by atoms with Gasteiger partial charge < -0.3 is 8.83 Å². The molecule has 0 radical (unpaired) electrons. The summed E-state index contributed by atoms with van der Waals surface area (Å²) in [5, 5.41) is 6.37. The first-order chi connectivity index (χ1) is 22.3. The lowest BCUT2D eigenvalue weighted by molar-refractivity contribution is 0.656. The Morgan fingerprint density at radius 2 is 0.933 bits per heavy atom. The van der Waals surface area contributed by atoms with Gasteiger partial charge in [0.1, 0.15) is 22.3 Å². The minimum atomic E-state index is 0.560. The number of benzene rings is 6. The summed E-state index contributed by atoms with van der Waals surface area (Å²) in [6.07, 6.45) is 0. The summed E-state index contributed by atoms with van der Waals surface area (Å²) in [5.74, 6) is 1.80. The van der Waals surface area contributed by atoms with Gasteiger partial charge in [0.15, 0.2) is 11.6 Å². The Morgan fingerprint density at radius 3 is 1.67 bits per heavy atom. The van der Waals surface area contributed by atoms with Crippen molar-refractivity contribution in [3.63, 3.8) is 0 Å². The van der Waals surface area contributed by atoms with Gasteiger partial charge in [-0.2, -0.15) is 9.97 Å². The monoisotopic (exact) mass is 578 g/mol. The quantitative estimate of drug-likeness (QED) is 0.209. The molecule has 0 amide bonds. The molecule has 6 aromatic carbocycles. The molecule has 0 unspecified atom stereocenters. The molecule has 0 bridgehead atoms. The molecule has 0 N–H and O–H groups in total. The molecule has 0 aliphatic rings. The van der Waals surface area contributed by atoms with Crippen LogP contribution in [0.5, 0.6) is 0 Å². The molecule has 6 nitrogen and oxygen atoms in total. The minimum Gasteiger partial charge on any atom is -0.456 e. The van der Waals surface area contributed by atoms with E-state index < -0.39 is 0 Å². The number of para-hydroxylation sites is 2. The smallest absolute Gasteiger partial charge is 0.238 e. The molecule has 0 aliphatic carbocycles. The Labute approximate surface area is 255 Å². The van der Waals surface area contributed by atoms with Gasteiger partial charge in [-0.25, -0.2) is 4.98 Å². The van der Waals surface area contributed by atoms with Crippen LogP contribution < -0.4 is 0 Å². The topological polar surface area (TPSA) is 69.9 Å². The van der Waals surface area contributed by atoms with Gasteiger partial charge in [0.25, 0.3) is 0 Å². The van der Waals surface area contributed by atoms with E-state index in [0.29, 0.717) is 17.6 Å². The fourth-order valence-corrected chi connectivity index (χ4v) is 6.57. The van der Waals surface area contributed by atoms with E-state index in [2.05, 4.69) is 53.1 Å².